The number of aromatic nitrogens is 2. The molecule has 1 aromatic carbocycles. The van der Waals surface area contributed by atoms with Gasteiger partial charge in [0.05, 0.1) is 17.8 Å². The Labute approximate surface area is 119 Å². The number of hydrogen-bond donors (Lipinski definition) is 1. The third-order valence-electron chi connectivity index (χ3n) is 3.44. The molecule has 0 saturated heterocycles. The van der Waals surface area contributed by atoms with Gasteiger partial charge in [-0.3, -0.25) is 0 Å². The quantitative estimate of drug-likeness (QED) is 0.819. The first kappa shape index (κ1) is 14.9. The predicted octanol–water partition coefficient (Wildman–Crippen LogP) is 3.26. The van der Waals surface area contributed by atoms with Gasteiger partial charge < -0.3 is 5.11 Å². The Morgan fingerprint density at radius 1 is 1.18 bits per heavy atom. The molecule has 1 N–H and O–H groups in total. The number of benzene rings is 1. The molecule has 1 aliphatic carbocycles. The van der Waals surface area contributed by atoms with Gasteiger partial charge in [0.2, 0.25) is 0 Å². The minimum atomic E-state index is -4.99. The van der Waals surface area contributed by atoms with E-state index in [4.69, 9.17) is 0 Å². The van der Waals surface area contributed by atoms with Crippen LogP contribution >= 0.6 is 0 Å². The molecule has 1 aliphatic rings. The van der Waals surface area contributed by atoms with Gasteiger partial charge >= 0.3 is 6.18 Å². The zero-order valence-electron chi connectivity index (χ0n) is 10.7. The number of aliphatic hydroxyl groups is 1. The number of nitrogens with zero attached hydrogens (tertiary/aromatic N) is 2. The summed E-state index contributed by atoms with van der Waals surface area (Å²) in [7, 11) is 0. The van der Waals surface area contributed by atoms with Crippen molar-refractivity contribution in [2.45, 2.75) is 24.6 Å². The van der Waals surface area contributed by atoms with Crippen molar-refractivity contribution in [2.75, 3.05) is 0 Å². The van der Waals surface area contributed by atoms with Gasteiger partial charge in [-0.15, -0.1) is 0 Å². The van der Waals surface area contributed by atoms with E-state index in [9.17, 15) is 31.4 Å². The summed E-state index contributed by atoms with van der Waals surface area (Å²) in [4.78, 5) is 0. The first-order valence-electron chi connectivity index (χ1n) is 6.12. The van der Waals surface area contributed by atoms with Crippen LogP contribution < -0.4 is 0 Å². The van der Waals surface area contributed by atoms with Gasteiger partial charge in [-0.05, 0) is 24.3 Å². The first-order chi connectivity index (χ1) is 10.1. The van der Waals surface area contributed by atoms with E-state index in [0.29, 0.717) is 4.68 Å². The van der Waals surface area contributed by atoms with Crippen molar-refractivity contribution in [2.24, 2.45) is 0 Å². The van der Waals surface area contributed by atoms with Crippen LogP contribution in [0.3, 0.4) is 0 Å². The summed E-state index contributed by atoms with van der Waals surface area (Å²) >= 11 is 0. The minimum Gasteiger partial charge on any atom is -0.382 e. The lowest BCUT2D eigenvalue weighted by Crippen LogP contribution is -2.24. The van der Waals surface area contributed by atoms with Crippen LogP contribution in [0, 0.1) is 5.82 Å². The molecule has 1 aromatic heterocycles. The van der Waals surface area contributed by atoms with Crippen LogP contribution in [0.4, 0.5) is 26.3 Å². The number of alkyl halides is 5. The molecule has 1 heterocycles. The Bertz CT molecular complexity index is 719. The van der Waals surface area contributed by atoms with Crippen molar-refractivity contribution in [3.63, 3.8) is 0 Å². The zero-order valence-corrected chi connectivity index (χ0v) is 10.7. The van der Waals surface area contributed by atoms with Gasteiger partial charge in [-0.25, -0.2) is 17.9 Å². The van der Waals surface area contributed by atoms with Gasteiger partial charge in [-0.1, -0.05) is 0 Å². The summed E-state index contributed by atoms with van der Waals surface area (Å²) in [5.74, 6) is -4.34. The maximum atomic E-state index is 13.6. The zero-order chi connectivity index (χ0) is 16.3. The lowest BCUT2D eigenvalue weighted by atomic mass is 10.1. The van der Waals surface area contributed by atoms with E-state index in [1.165, 1.54) is 0 Å². The van der Waals surface area contributed by atoms with E-state index in [-0.39, 0.29) is 5.69 Å². The van der Waals surface area contributed by atoms with Crippen LogP contribution in [-0.2, 0) is 12.6 Å². The van der Waals surface area contributed by atoms with Crippen LogP contribution in [0.1, 0.15) is 23.1 Å². The third-order valence-corrected chi connectivity index (χ3v) is 3.44. The van der Waals surface area contributed by atoms with Crippen molar-refractivity contribution in [1.29, 1.82) is 0 Å². The number of aliphatic hydroxyl groups excluding tert-OH is 1. The highest BCUT2D eigenvalue weighted by Gasteiger charge is 2.54. The second kappa shape index (κ2) is 4.48. The molecule has 0 bridgehead atoms. The van der Waals surface area contributed by atoms with Gasteiger partial charge in [0, 0.05) is 5.56 Å². The normalized spacial score (nSPS) is 20.2. The number of fused-ring (bicyclic) bond motifs is 1. The van der Waals surface area contributed by atoms with Gasteiger partial charge in [0.25, 0.3) is 5.92 Å². The molecule has 0 fully saturated rings. The Morgan fingerprint density at radius 3 is 2.32 bits per heavy atom. The molecule has 9 heteroatoms. The maximum Gasteiger partial charge on any atom is 0.435 e. The molecule has 0 saturated carbocycles. The van der Waals surface area contributed by atoms with Gasteiger partial charge in [0.15, 0.2) is 5.69 Å². The highest BCUT2D eigenvalue weighted by molar-refractivity contribution is 5.44. The highest BCUT2D eigenvalue weighted by atomic mass is 19.4. The van der Waals surface area contributed by atoms with E-state index in [2.05, 4.69) is 5.10 Å². The van der Waals surface area contributed by atoms with Crippen LogP contribution in [0.5, 0.6) is 0 Å². The average molecular weight is 322 g/mol. The van der Waals surface area contributed by atoms with Crippen molar-refractivity contribution in [3.05, 3.63) is 47.0 Å². The maximum absolute atomic E-state index is 13.6. The fraction of sp³-hybridized carbons (Fsp3) is 0.308. The molecule has 118 valence electrons. The molecule has 1 atom stereocenters. The SMILES string of the molecule is O[C@H]1c2c(C(F)(F)F)nn(-c3ccc(F)cc3)c2CC1(F)F. The molecule has 0 radical (unpaired) electrons. The second-order valence-corrected chi connectivity index (χ2v) is 4.94. The summed E-state index contributed by atoms with van der Waals surface area (Å²) in [5, 5.41) is 12.8. The standard InChI is InChI=1S/C13H8F6N2O/c14-6-1-3-7(4-2-6)21-8-5-12(15,16)11(22)9(8)10(20-21)13(17,18)19/h1-4,11,22H,5H2/t11-/m0/s1. The van der Waals surface area contributed by atoms with Gasteiger partial charge in [-0.2, -0.15) is 18.3 Å². The van der Waals surface area contributed by atoms with Crippen LogP contribution in [0.2, 0.25) is 0 Å². The lowest BCUT2D eigenvalue weighted by molar-refractivity contribution is -0.146. The van der Waals surface area contributed by atoms with Gasteiger partial charge in [0.1, 0.15) is 11.9 Å². The first-order valence-corrected chi connectivity index (χ1v) is 6.12. The molecule has 2 aromatic rings. The van der Waals surface area contributed by atoms with Crippen molar-refractivity contribution >= 4 is 0 Å². The molecule has 3 rings (SSSR count). The fourth-order valence-corrected chi connectivity index (χ4v) is 2.46. The highest BCUT2D eigenvalue weighted by Crippen LogP contribution is 2.48. The number of halogens is 6. The van der Waals surface area contributed by atoms with E-state index in [1.807, 2.05) is 0 Å². The van der Waals surface area contributed by atoms with Crippen LogP contribution in [0.15, 0.2) is 24.3 Å². The molecule has 3 nitrogen and oxygen atoms in total. The third kappa shape index (κ3) is 2.16. The topological polar surface area (TPSA) is 38.1 Å². The smallest absolute Gasteiger partial charge is 0.382 e. The van der Waals surface area contributed by atoms with Crippen LogP contribution in [-0.4, -0.2) is 20.8 Å². The van der Waals surface area contributed by atoms with Crippen LogP contribution in [0.25, 0.3) is 5.69 Å². The molecular formula is C13H8F6N2O. The van der Waals surface area contributed by atoms with Crippen molar-refractivity contribution < 1.29 is 31.4 Å². The molecule has 0 aliphatic heterocycles. The average Bonchev–Trinajstić information content (AvgIpc) is 2.86. The molecule has 0 unspecified atom stereocenters. The Balaban J connectivity index is 2.22. The summed E-state index contributed by atoms with van der Waals surface area (Å²) in [6.07, 6.45) is -8.64. The summed E-state index contributed by atoms with van der Waals surface area (Å²) in [6, 6.07) is 4.18. The van der Waals surface area contributed by atoms with Crippen molar-refractivity contribution in [1.82, 2.24) is 9.78 Å². The Morgan fingerprint density at radius 2 is 1.77 bits per heavy atom. The minimum absolute atomic E-state index is 0.00181. The monoisotopic (exact) mass is 322 g/mol. The Hall–Kier alpha value is -2.03. The number of hydrogen-bond acceptors (Lipinski definition) is 2. The molecule has 22 heavy (non-hydrogen) atoms. The summed E-state index contributed by atoms with van der Waals surface area (Å²) in [6.45, 7) is 0. The van der Waals surface area contributed by atoms with E-state index < -0.39 is 47.4 Å². The fourth-order valence-electron chi connectivity index (χ4n) is 2.46. The second-order valence-electron chi connectivity index (χ2n) is 4.94. The lowest BCUT2D eigenvalue weighted by Gasteiger charge is -2.15. The van der Waals surface area contributed by atoms with E-state index in [1.54, 1.807) is 0 Å². The largest absolute Gasteiger partial charge is 0.435 e. The van der Waals surface area contributed by atoms with E-state index in [0.717, 1.165) is 24.3 Å². The summed E-state index contributed by atoms with van der Waals surface area (Å²) < 4.78 is 79.6. The molecular weight excluding hydrogens is 314 g/mol. The molecule has 0 amide bonds. The molecule has 0 spiro atoms. The van der Waals surface area contributed by atoms with E-state index >= 15 is 0 Å². The summed E-state index contributed by atoms with van der Waals surface area (Å²) in [5.41, 5.74) is -2.92. The predicted molar refractivity (Wildman–Crippen MR) is 62.1 cm³/mol. The van der Waals surface area contributed by atoms with Crippen molar-refractivity contribution in [3.8, 4) is 5.69 Å². The Kier molecular flexibility index (Phi) is 3.03. The number of rotatable bonds is 1.